The van der Waals surface area contributed by atoms with Crippen molar-refractivity contribution in [3.05, 3.63) is 71.6 Å². The van der Waals surface area contributed by atoms with E-state index in [2.05, 4.69) is 27.3 Å². The Morgan fingerprint density at radius 3 is 2.59 bits per heavy atom. The monoisotopic (exact) mass is 390 g/mol. The summed E-state index contributed by atoms with van der Waals surface area (Å²) in [5, 5.41) is 11.7. The minimum atomic E-state index is -0.00297. The summed E-state index contributed by atoms with van der Waals surface area (Å²) in [6, 6.07) is 17.7. The van der Waals surface area contributed by atoms with Gasteiger partial charge in [0.2, 0.25) is 11.8 Å². The number of hydrogen-bond donors (Lipinski definition) is 1. The second kappa shape index (κ2) is 8.57. The van der Waals surface area contributed by atoms with Crippen molar-refractivity contribution < 1.29 is 9.21 Å². The summed E-state index contributed by atoms with van der Waals surface area (Å²) in [5.41, 5.74) is 2.81. The highest BCUT2D eigenvalue weighted by Crippen LogP contribution is 2.26. The van der Waals surface area contributed by atoms with Crippen molar-refractivity contribution in [2.45, 2.75) is 38.8 Å². The van der Waals surface area contributed by atoms with Crippen molar-refractivity contribution in [1.29, 1.82) is 0 Å². The van der Waals surface area contributed by atoms with E-state index in [0.29, 0.717) is 17.3 Å². The number of hydrogen-bond acceptors (Lipinski definition) is 5. The maximum absolute atomic E-state index is 12.4. The lowest BCUT2D eigenvalue weighted by Crippen LogP contribution is -2.45. The Balaban J connectivity index is 1.33. The largest absolute Gasteiger partial charge is 0.419 e. The van der Waals surface area contributed by atoms with E-state index in [9.17, 15) is 4.79 Å². The van der Waals surface area contributed by atoms with Crippen LogP contribution >= 0.6 is 0 Å². The molecule has 1 amide bonds. The lowest BCUT2D eigenvalue weighted by Gasteiger charge is -2.34. The molecule has 1 aliphatic heterocycles. The SMILES string of the molecule is Cc1cccc(-c2nnc([C@H](C)N3CCC(NC(=O)c4ccccc4)CC3)o2)c1. The Bertz CT molecular complexity index is 962. The zero-order chi connectivity index (χ0) is 20.2. The van der Waals surface area contributed by atoms with Gasteiger partial charge in [-0.15, -0.1) is 10.2 Å². The molecular formula is C23H26N4O2. The lowest BCUT2D eigenvalue weighted by atomic mass is 10.0. The number of nitrogens with one attached hydrogen (secondary N) is 1. The van der Waals surface area contributed by atoms with E-state index in [0.717, 1.165) is 37.1 Å². The Kier molecular flexibility index (Phi) is 5.71. The number of rotatable bonds is 5. The molecule has 0 aliphatic carbocycles. The first kappa shape index (κ1) is 19.3. The van der Waals surface area contributed by atoms with E-state index in [1.807, 2.05) is 61.5 Å². The summed E-state index contributed by atoms with van der Waals surface area (Å²) in [5.74, 6) is 1.19. The topological polar surface area (TPSA) is 71.3 Å². The minimum Gasteiger partial charge on any atom is -0.419 e. The molecule has 3 aromatic rings. The summed E-state index contributed by atoms with van der Waals surface area (Å²) >= 11 is 0. The van der Waals surface area contributed by atoms with E-state index in [1.165, 1.54) is 0 Å². The molecule has 1 saturated heterocycles. The normalized spacial score (nSPS) is 16.5. The van der Waals surface area contributed by atoms with Gasteiger partial charge in [0.1, 0.15) is 0 Å². The first-order valence-corrected chi connectivity index (χ1v) is 10.1. The van der Waals surface area contributed by atoms with Crippen LogP contribution in [0.5, 0.6) is 0 Å². The Labute approximate surface area is 170 Å². The summed E-state index contributed by atoms with van der Waals surface area (Å²) in [6.07, 6.45) is 1.81. The molecule has 0 radical (unpaired) electrons. The zero-order valence-corrected chi connectivity index (χ0v) is 16.8. The van der Waals surface area contributed by atoms with E-state index in [1.54, 1.807) is 0 Å². The average molecular weight is 390 g/mol. The maximum atomic E-state index is 12.4. The van der Waals surface area contributed by atoms with Crippen molar-refractivity contribution in [2.24, 2.45) is 0 Å². The standard InChI is InChI=1S/C23H26N4O2/c1-16-7-6-10-19(15-16)23-26-25-22(29-23)17(2)27-13-11-20(12-14-27)24-21(28)18-8-4-3-5-9-18/h3-10,15,17,20H,11-14H2,1-2H3,(H,24,28)/t17-/m0/s1. The molecule has 6 heteroatoms. The second-order valence-corrected chi connectivity index (χ2v) is 7.64. The third-order valence-electron chi connectivity index (χ3n) is 5.51. The number of amides is 1. The summed E-state index contributed by atoms with van der Waals surface area (Å²) in [6.45, 7) is 5.90. The van der Waals surface area contributed by atoms with Crippen LogP contribution in [-0.4, -0.2) is 40.1 Å². The van der Waals surface area contributed by atoms with Crippen LogP contribution in [0.3, 0.4) is 0 Å². The third-order valence-corrected chi connectivity index (χ3v) is 5.51. The molecule has 6 nitrogen and oxygen atoms in total. The van der Waals surface area contributed by atoms with E-state index in [-0.39, 0.29) is 18.0 Å². The minimum absolute atomic E-state index is 0.00297. The predicted octanol–water partition coefficient (Wildman–Crippen LogP) is 4.00. The molecule has 150 valence electrons. The van der Waals surface area contributed by atoms with Crippen molar-refractivity contribution in [2.75, 3.05) is 13.1 Å². The van der Waals surface area contributed by atoms with Crippen molar-refractivity contribution in [1.82, 2.24) is 20.4 Å². The first-order chi connectivity index (χ1) is 14.1. The van der Waals surface area contributed by atoms with Crippen molar-refractivity contribution in [3.63, 3.8) is 0 Å². The van der Waals surface area contributed by atoms with Gasteiger partial charge in [-0.25, -0.2) is 0 Å². The molecule has 0 saturated carbocycles. The third kappa shape index (κ3) is 4.54. The van der Waals surface area contributed by atoms with Gasteiger partial charge >= 0.3 is 0 Å². The Hall–Kier alpha value is -2.99. The van der Waals surface area contributed by atoms with Crippen LogP contribution < -0.4 is 5.32 Å². The highest BCUT2D eigenvalue weighted by molar-refractivity contribution is 5.94. The van der Waals surface area contributed by atoms with Crippen LogP contribution in [0.1, 0.15) is 47.6 Å². The van der Waals surface area contributed by atoms with Crippen LogP contribution in [0.4, 0.5) is 0 Å². The molecule has 0 spiro atoms. The molecule has 0 bridgehead atoms. The maximum Gasteiger partial charge on any atom is 0.251 e. The fourth-order valence-corrected chi connectivity index (χ4v) is 3.74. The smallest absolute Gasteiger partial charge is 0.251 e. The number of aryl methyl sites for hydroxylation is 1. The highest BCUT2D eigenvalue weighted by Gasteiger charge is 2.27. The number of nitrogens with zero attached hydrogens (tertiary/aromatic N) is 3. The molecule has 4 rings (SSSR count). The number of benzene rings is 2. The van der Waals surface area contributed by atoms with E-state index < -0.39 is 0 Å². The number of carbonyl (C=O) groups excluding carboxylic acids is 1. The zero-order valence-electron chi connectivity index (χ0n) is 16.8. The number of likely N-dealkylation sites (tertiary alicyclic amines) is 1. The van der Waals surface area contributed by atoms with Crippen LogP contribution in [0.15, 0.2) is 59.0 Å². The van der Waals surface area contributed by atoms with Crippen molar-refractivity contribution in [3.8, 4) is 11.5 Å². The Morgan fingerprint density at radius 1 is 1.10 bits per heavy atom. The second-order valence-electron chi connectivity index (χ2n) is 7.64. The lowest BCUT2D eigenvalue weighted by molar-refractivity contribution is 0.0885. The molecule has 2 aromatic carbocycles. The first-order valence-electron chi connectivity index (χ1n) is 10.1. The van der Waals surface area contributed by atoms with Crippen LogP contribution in [0, 0.1) is 6.92 Å². The molecule has 1 aromatic heterocycles. The quantitative estimate of drug-likeness (QED) is 0.713. The van der Waals surface area contributed by atoms with Gasteiger partial charge in [-0.05, 0) is 51.0 Å². The average Bonchev–Trinajstić information content (AvgIpc) is 3.25. The fourth-order valence-electron chi connectivity index (χ4n) is 3.74. The molecular weight excluding hydrogens is 364 g/mol. The van der Waals surface area contributed by atoms with Gasteiger partial charge in [0.15, 0.2) is 0 Å². The van der Waals surface area contributed by atoms with Gasteiger partial charge < -0.3 is 9.73 Å². The Morgan fingerprint density at radius 2 is 1.86 bits per heavy atom. The van der Waals surface area contributed by atoms with Gasteiger partial charge in [0.25, 0.3) is 5.91 Å². The molecule has 1 fully saturated rings. The molecule has 1 atom stereocenters. The molecule has 1 aliphatic rings. The predicted molar refractivity (Wildman–Crippen MR) is 111 cm³/mol. The fraction of sp³-hybridized carbons (Fsp3) is 0.348. The number of carbonyl (C=O) groups is 1. The van der Waals surface area contributed by atoms with E-state index in [4.69, 9.17) is 4.42 Å². The molecule has 0 unspecified atom stereocenters. The molecule has 29 heavy (non-hydrogen) atoms. The van der Waals surface area contributed by atoms with Gasteiger partial charge in [-0.2, -0.15) is 0 Å². The summed E-state index contributed by atoms with van der Waals surface area (Å²) in [4.78, 5) is 14.7. The van der Waals surface area contributed by atoms with Gasteiger partial charge in [-0.3, -0.25) is 9.69 Å². The van der Waals surface area contributed by atoms with Gasteiger partial charge in [0, 0.05) is 30.3 Å². The number of piperidine rings is 1. The van der Waals surface area contributed by atoms with Crippen LogP contribution in [0.25, 0.3) is 11.5 Å². The van der Waals surface area contributed by atoms with Crippen LogP contribution in [0.2, 0.25) is 0 Å². The molecule has 1 N–H and O–H groups in total. The van der Waals surface area contributed by atoms with Crippen molar-refractivity contribution >= 4 is 5.91 Å². The van der Waals surface area contributed by atoms with Gasteiger partial charge in [-0.1, -0.05) is 35.9 Å². The summed E-state index contributed by atoms with van der Waals surface area (Å²) in [7, 11) is 0. The van der Waals surface area contributed by atoms with E-state index >= 15 is 0 Å². The number of aromatic nitrogens is 2. The highest BCUT2D eigenvalue weighted by atomic mass is 16.4. The summed E-state index contributed by atoms with van der Waals surface area (Å²) < 4.78 is 5.96. The molecule has 2 heterocycles. The van der Waals surface area contributed by atoms with Gasteiger partial charge in [0.05, 0.1) is 6.04 Å². The van der Waals surface area contributed by atoms with Crippen LogP contribution in [-0.2, 0) is 0 Å².